The Bertz CT molecular complexity index is 873. The first-order chi connectivity index (χ1) is 14.0. The molecule has 0 saturated carbocycles. The lowest BCUT2D eigenvalue weighted by Gasteiger charge is -2.30. The molecule has 0 atom stereocenters. The minimum absolute atomic E-state index is 0.0100. The Morgan fingerprint density at radius 3 is 2.17 bits per heavy atom. The van der Waals surface area contributed by atoms with Gasteiger partial charge in [-0.05, 0) is 58.1 Å². The Morgan fingerprint density at radius 2 is 1.52 bits per heavy atom. The van der Waals surface area contributed by atoms with Gasteiger partial charge >= 0.3 is 0 Å². The number of carbonyl (C=O) groups excluding carboxylic acids is 2. The molecule has 0 unspecified atom stereocenters. The summed E-state index contributed by atoms with van der Waals surface area (Å²) in [5.41, 5.74) is 2.34. The lowest BCUT2D eigenvalue weighted by Crippen LogP contribution is -2.38. The summed E-state index contributed by atoms with van der Waals surface area (Å²) in [5, 5.41) is 0. The second-order valence-corrected chi connectivity index (χ2v) is 8.24. The van der Waals surface area contributed by atoms with E-state index in [0.29, 0.717) is 30.4 Å². The number of aromatic nitrogens is 1. The maximum absolute atomic E-state index is 12.8. The number of aryl methyl sites for hydroxylation is 2. The third-order valence-corrected chi connectivity index (χ3v) is 6.09. The number of benzene rings is 1. The molecule has 0 aliphatic carbocycles. The van der Waals surface area contributed by atoms with E-state index in [9.17, 15) is 9.59 Å². The molecule has 3 heterocycles. The van der Waals surface area contributed by atoms with Crippen LogP contribution < -0.4 is 0 Å². The van der Waals surface area contributed by atoms with Gasteiger partial charge in [-0.2, -0.15) is 0 Å². The van der Waals surface area contributed by atoms with E-state index in [-0.39, 0.29) is 17.7 Å². The van der Waals surface area contributed by atoms with Crippen LogP contribution in [0.1, 0.15) is 76.1 Å². The molecular formula is C23H29N3O3. The number of rotatable bonds is 3. The second kappa shape index (κ2) is 8.39. The predicted molar refractivity (Wildman–Crippen MR) is 110 cm³/mol. The van der Waals surface area contributed by atoms with Gasteiger partial charge in [0.1, 0.15) is 5.76 Å². The van der Waals surface area contributed by atoms with E-state index in [2.05, 4.69) is 4.98 Å². The van der Waals surface area contributed by atoms with Crippen LogP contribution in [0.15, 0.2) is 28.7 Å². The molecule has 6 heteroatoms. The molecule has 154 valence electrons. The highest BCUT2D eigenvalue weighted by atomic mass is 16.4. The molecule has 0 spiro atoms. The first-order valence-electron chi connectivity index (χ1n) is 10.7. The van der Waals surface area contributed by atoms with Crippen LogP contribution in [0, 0.1) is 13.8 Å². The van der Waals surface area contributed by atoms with Gasteiger partial charge in [-0.3, -0.25) is 9.59 Å². The molecule has 0 bridgehead atoms. The average Bonchev–Trinajstić information content (AvgIpc) is 3.15. The van der Waals surface area contributed by atoms with Gasteiger partial charge in [0.25, 0.3) is 11.8 Å². The predicted octanol–water partition coefficient (Wildman–Crippen LogP) is 3.94. The van der Waals surface area contributed by atoms with Crippen LogP contribution in [0.25, 0.3) is 0 Å². The molecule has 2 aliphatic rings. The number of oxazole rings is 1. The highest BCUT2D eigenvalue weighted by molar-refractivity contribution is 5.94. The van der Waals surface area contributed by atoms with Gasteiger partial charge in [0, 0.05) is 37.7 Å². The van der Waals surface area contributed by atoms with Gasteiger partial charge in [0.2, 0.25) is 0 Å². The van der Waals surface area contributed by atoms with E-state index < -0.39 is 0 Å². The third-order valence-electron chi connectivity index (χ3n) is 6.09. The molecule has 2 fully saturated rings. The summed E-state index contributed by atoms with van der Waals surface area (Å²) in [6, 6.07) is 7.71. The van der Waals surface area contributed by atoms with E-state index in [4.69, 9.17) is 4.42 Å². The molecule has 6 nitrogen and oxygen atoms in total. The zero-order valence-electron chi connectivity index (χ0n) is 17.3. The van der Waals surface area contributed by atoms with E-state index in [0.717, 1.165) is 49.9 Å². The van der Waals surface area contributed by atoms with Crippen molar-refractivity contribution < 1.29 is 14.0 Å². The van der Waals surface area contributed by atoms with Gasteiger partial charge in [0.15, 0.2) is 11.6 Å². The molecule has 29 heavy (non-hydrogen) atoms. The minimum Gasteiger partial charge on any atom is -0.445 e. The van der Waals surface area contributed by atoms with Crippen molar-refractivity contribution in [2.45, 2.75) is 51.9 Å². The van der Waals surface area contributed by atoms with Crippen molar-refractivity contribution in [2.75, 3.05) is 26.2 Å². The topological polar surface area (TPSA) is 66.7 Å². The van der Waals surface area contributed by atoms with Crippen molar-refractivity contribution in [1.29, 1.82) is 0 Å². The van der Waals surface area contributed by atoms with Crippen molar-refractivity contribution in [3.63, 3.8) is 0 Å². The molecule has 2 saturated heterocycles. The number of nitrogens with zero attached hydrogens (tertiary/aromatic N) is 3. The maximum Gasteiger partial charge on any atom is 0.276 e. The van der Waals surface area contributed by atoms with Crippen LogP contribution in [0.5, 0.6) is 0 Å². The van der Waals surface area contributed by atoms with Crippen molar-refractivity contribution in [2.24, 2.45) is 0 Å². The van der Waals surface area contributed by atoms with Gasteiger partial charge in [-0.25, -0.2) is 4.98 Å². The number of hydrogen-bond donors (Lipinski definition) is 0. The standard InChI is InChI=1S/C23H29N3O3/c1-16-6-8-19(9-7-16)22(27)26-14-10-18(11-15-26)21-24-20(17(2)29-21)23(28)25-12-4-3-5-13-25/h6-9,18H,3-5,10-15H2,1-2H3. The molecule has 4 rings (SSSR count). The van der Waals surface area contributed by atoms with Crippen LogP contribution in [0.4, 0.5) is 0 Å². The van der Waals surface area contributed by atoms with E-state index in [1.165, 1.54) is 6.42 Å². The number of likely N-dealkylation sites (tertiary alicyclic amines) is 2. The Kier molecular flexibility index (Phi) is 5.69. The lowest BCUT2D eigenvalue weighted by molar-refractivity contribution is 0.0704. The van der Waals surface area contributed by atoms with Crippen molar-refractivity contribution >= 4 is 11.8 Å². The van der Waals surface area contributed by atoms with Crippen LogP contribution >= 0.6 is 0 Å². The zero-order chi connectivity index (χ0) is 20.4. The highest BCUT2D eigenvalue weighted by Crippen LogP contribution is 2.30. The fourth-order valence-corrected chi connectivity index (χ4v) is 4.24. The summed E-state index contributed by atoms with van der Waals surface area (Å²) in [6.07, 6.45) is 4.91. The summed E-state index contributed by atoms with van der Waals surface area (Å²) in [5.74, 6) is 1.47. The zero-order valence-corrected chi connectivity index (χ0v) is 17.3. The largest absolute Gasteiger partial charge is 0.445 e. The number of amides is 2. The lowest BCUT2D eigenvalue weighted by atomic mass is 9.96. The van der Waals surface area contributed by atoms with Gasteiger partial charge in [-0.15, -0.1) is 0 Å². The van der Waals surface area contributed by atoms with Gasteiger partial charge in [-0.1, -0.05) is 17.7 Å². The summed E-state index contributed by atoms with van der Waals surface area (Å²) in [6.45, 7) is 6.80. The van der Waals surface area contributed by atoms with Crippen LogP contribution in [-0.2, 0) is 0 Å². The molecule has 2 aromatic rings. The SMILES string of the molecule is Cc1ccc(C(=O)N2CCC(c3nc(C(=O)N4CCCCC4)c(C)o3)CC2)cc1. The molecule has 2 amide bonds. The molecule has 1 aromatic carbocycles. The summed E-state index contributed by atoms with van der Waals surface area (Å²) < 4.78 is 5.90. The Labute approximate surface area is 171 Å². The quantitative estimate of drug-likeness (QED) is 0.790. The van der Waals surface area contributed by atoms with Gasteiger partial charge < -0.3 is 14.2 Å². The molecule has 2 aliphatic heterocycles. The smallest absolute Gasteiger partial charge is 0.276 e. The van der Waals surface area contributed by atoms with Crippen LogP contribution in [0.2, 0.25) is 0 Å². The van der Waals surface area contributed by atoms with E-state index in [1.807, 2.05) is 47.9 Å². The fraction of sp³-hybridized carbons (Fsp3) is 0.522. The second-order valence-electron chi connectivity index (χ2n) is 8.24. The highest BCUT2D eigenvalue weighted by Gasteiger charge is 2.30. The number of hydrogen-bond acceptors (Lipinski definition) is 4. The van der Waals surface area contributed by atoms with Crippen molar-refractivity contribution in [3.05, 3.63) is 52.7 Å². The van der Waals surface area contributed by atoms with E-state index in [1.54, 1.807) is 0 Å². The summed E-state index contributed by atoms with van der Waals surface area (Å²) >= 11 is 0. The van der Waals surface area contributed by atoms with Crippen molar-refractivity contribution in [3.8, 4) is 0 Å². The maximum atomic E-state index is 12.8. The molecule has 0 N–H and O–H groups in total. The third kappa shape index (κ3) is 4.21. The molecule has 1 aromatic heterocycles. The number of piperidine rings is 2. The average molecular weight is 396 g/mol. The summed E-state index contributed by atoms with van der Waals surface area (Å²) in [4.78, 5) is 33.9. The Hall–Kier alpha value is -2.63. The Morgan fingerprint density at radius 1 is 0.897 bits per heavy atom. The first-order valence-corrected chi connectivity index (χ1v) is 10.7. The molecular weight excluding hydrogens is 366 g/mol. The van der Waals surface area contributed by atoms with Crippen LogP contribution in [-0.4, -0.2) is 52.8 Å². The van der Waals surface area contributed by atoms with Gasteiger partial charge in [0.05, 0.1) is 0 Å². The molecule has 0 radical (unpaired) electrons. The Balaban J connectivity index is 1.39. The van der Waals surface area contributed by atoms with Crippen molar-refractivity contribution in [1.82, 2.24) is 14.8 Å². The normalized spacial score (nSPS) is 18.1. The first kappa shape index (κ1) is 19.7. The fourth-order valence-electron chi connectivity index (χ4n) is 4.24. The summed E-state index contributed by atoms with van der Waals surface area (Å²) in [7, 11) is 0. The monoisotopic (exact) mass is 395 g/mol. The number of carbonyl (C=O) groups is 2. The van der Waals surface area contributed by atoms with E-state index >= 15 is 0 Å². The minimum atomic E-state index is -0.0100. The van der Waals surface area contributed by atoms with Crippen LogP contribution in [0.3, 0.4) is 0 Å².